The average molecular weight is 526 g/mol. The second-order valence-corrected chi connectivity index (χ2v) is 8.93. The summed E-state index contributed by atoms with van der Waals surface area (Å²) >= 11 is 6.79. The van der Waals surface area contributed by atoms with Gasteiger partial charge in [-0.05, 0) is 32.4 Å². The number of aromatic nitrogens is 5. The van der Waals surface area contributed by atoms with Gasteiger partial charge in [-0.3, -0.25) is 19.0 Å². The van der Waals surface area contributed by atoms with E-state index in [1.807, 2.05) is 6.92 Å². The molecule has 0 aliphatic rings. The molecule has 0 unspecified atom stereocenters. The molecule has 2 amide bonds. The number of alkyl halides is 3. The summed E-state index contributed by atoms with van der Waals surface area (Å²) < 4.78 is 44.1. The van der Waals surface area contributed by atoms with Crippen molar-refractivity contribution >= 4 is 50.7 Å². The first-order chi connectivity index (χ1) is 16.4. The Labute approximate surface area is 205 Å². The smallest absolute Gasteiger partial charge is 0.365 e. The average Bonchev–Trinajstić information content (AvgIpc) is 3.47. The van der Waals surface area contributed by atoms with Crippen LogP contribution in [0.4, 0.5) is 18.9 Å². The summed E-state index contributed by atoms with van der Waals surface area (Å²) in [5, 5.41) is 11.2. The monoisotopic (exact) mass is 525 g/mol. The van der Waals surface area contributed by atoms with Gasteiger partial charge in [0, 0.05) is 36.4 Å². The van der Waals surface area contributed by atoms with Crippen LogP contribution in [0.1, 0.15) is 45.4 Å². The van der Waals surface area contributed by atoms with Crippen LogP contribution in [0.15, 0.2) is 18.5 Å². The number of fused-ring (bicyclic) bond motifs is 1. The second kappa shape index (κ2) is 8.96. The Kier molecular flexibility index (Phi) is 6.32. The highest BCUT2D eigenvalue weighted by Crippen LogP contribution is 2.44. The molecule has 3 N–H and O–H groups in total. The third kappa shape index (κ3) is 4.48. The van der Waals surface area contributed by atoms with Gasteiger partial charge in [0.15, 0.2) is 5.69 Å². The van der Waals surface area contributed by atoms with E-state index in [9.17, 15) is 22.8 Å². The van der Waals surface area contributed by atoms with E-state index in [2.05, 4.69) is 20.5 Å². The van der Waals surface area contributed by atoms with Crippen molar-refractivity contribution in [1.82, 2.24) is 24.5 Å². The lowest BCUT2D eigenvalue weighted by Crippen LogP contribution is -2.18. The number of amides is 2. The minimum atomic E-state index is -4.75. The van der Waals surface area contributed by atoms with E-state index >= 15 is 0 Å². The van der Waals surface area contributed by atoms with E-state index < -0.39 is 23.7 Å². The highest BCUT2D eigenvalue weighted by atomic mass is 35.5. The summed E-state index contributed by atoms with van der Waals surface area (Å²) in [4.78, 5) is 28.7. The molecule has 9 nitrogen and oxygen atoms in total. The number of pyridine rings is 1. The molecular formula is C21H19ClF3N7O2S. The molecule has 0 spiro atoms. The zero-order chi connectivity index (χ0) is 25.7. The molecule has 35 heavy (non-hydrogen) atoms. The predicted molar refractivity (Wildman–Crippen MR) is 126 cm³/mol. The van der Waals surface area contributed by atoms with Crippen molar-refractivity contribution in [3.05, 3.63) is 45.4 Å². The standard InChI is InChI=1S/C21H19ClF3N7O2S/c1-4-31-7-11(9(3)29-31)10-6-13(21(23,24)25)27-20-14(10)16(17(35-20)18(26)33)28-19(34)15-12(22)8-32(5-2)30-15/h6-8H,4-5H2,1-3H3,(H2,26,33)(H,28,34). The lowest BCUT2D eigenvalue weighted by Gasteiger charge is -2.11. The summed E-state index contributed by atoms with van der Waals surface area (Å²) in [5.74, 6) is -1.69. The molecule has 0 aliphatic heterocycles. The molecular weight excluding hydrogens is 507 g/mol. The number of nitrogens with zero attached hydrogens (tertiary/aromatic N) is 5. The first-order valence-electron chi connectivity index (χ1n) is 10.4. The molecule has 4 heterocycles. The van der Waals surface area contributed by atoms with Crippen LogP contribution in [0.2, 0.25) is 5.02 Å². The Bertz CT molecular complexity index is 1470. The van der Waals surface area contributed by atoms with Crippen molar-refractivity contribution in [3.63, 3.8) is 0 Å². The minimum absolute atomic E-state index is 0.0653. The van der Waals surface area contributed by atoms with Crippen molar-refractivity contribution in [2.24, 2.45) is 5.73 Å². The molecule has 0 aliphatic carbocycles. The molecule has 4 aromatic heterocycles. The normalized spacial score (nSPS) is 11.9. The maximum absolute atomic E-state index is 13.7. The molecule has 0 fully saturated rings. The van der Waals surface area contributed by atoms with Crippen LogP contribution in [0.25, 0.3) is 21.3 Å². The molecule has 0 saturated carbocycles. The van der Waals surface area contributed by atoms with Gasteiger partial charge >= 0.3 is 6.18 Å². The van der Waals surface area contributed by atoms with E-state index in [0.717, 1.165) is 6.07 Å². The van der Waals surface area contributed by atoms with Crippen LogP contribution in [0.3, 0.4) is 0 Å². The van der Waals surface area contributed by atoms with Crippen molar-refractivity contribution in [3.8, 4) is 11.1 Å². The Balaban J connectivity index is 1.99. The van der Waals surface area contributed by atoms with Crippen molar-refractivity contribution < 1.29 is 22.8 Å². The van der Waals surface area contributed by atoms with Crippen LogP contribution in [0, 0.1) is 6.92 Å². The topological polar surface area (TPSA) is 121 Å². The van der Waals surface area contributed by atoms with Crippen LogP contribution < -0.4 is 11.1 Å². The largest absolute Gasteiger partial charge is 0.433 e. The van der Waals surface area contributed by atoms with E-state index in [1.165, 1.54) is 10.9 Å². The number of nitrogens with one attached hydrogen (secondary N) is 1. The zero-order valence-electron chi connectivity index (χ0n) is 18.7. The Morgan fingerprint density at radius 1 is 1.14 bits per heavy atom. The number of rotatable bonds is 6. The van der Waals surface area contributed by atoms with Gasteiger partial charge in [0.1, 0.15) is 15.4 Å². The molecule has 4 rings (SSSR count). The lowest BCUT2D eigenvalue weighted by atomic mass is 10.0. The minimum Gasteiger partial charge on any atom is -0.365 e. The molecule has 14 heteroatoms. The fourth-order valence-corrected chi connectivity index (χ4v) is 4.82. The SMILES string of the molecule is CCn1cc(-c2cc(C(F)(F)F)nc3sc(C(N)=O)c(NC(=O)c4nn(CC)cc4Cl)c23)c(C)n1. The summed E-state index contributed by atoms with van der Waals surface area (Å²) in [5.41, 5.74) is 5.15. The van der Waals surface area contributed by atoms with Gasteiger partial charge in [0.05, 0.1) is 16.4 Å². The molecule has 0 aromatic carbocycles. The van der Waals surface area contributed by atoms with Gasteiger partial charge in [-0.15, -0.1) is 11.3 Å². The van der Waals surface area contributed by atoms with Gasteiger partial charge in [-0.2, -0.15) is 23.4 Å². The number of anilines is 1. The van der Waals surface area contributed by atoms with E-state index in [1.54, 1.807) is 24.7 Å². The van der Waals surface area contributed by atoms with Gasteiger partial charge < -0.3 is 11.1 Å². The van der Waals surface area contributed by atoms with Gasteiger partial charge in [-0.25, -0.2) is 4.98 Å². The highest BCUT2D eigenvalue weighted by molar-refractivity contribution is 7.21. The molecule has 0 saturated heterocycles. The maximum Gasteiger partial charge on any atom is 0.433 e. The highest BCUT2D eigenvalue weighted by Gasteiger charge is 2.35. The number of primary amides is 1. The third-order valence-corrected chi connectivity index (χ3v) is 6.61. The fourth-order valence-electron chi connectivity index (χ4n) is 3.58. The van der Waals surface area contributed by atoms with Crippen molar-refractivity contribution in [1.29, 1.82) is 0 Å². The number of nitrogens with two attached hydrogens (primary N) is 1. The molecule has 184 valence electrons. The predicted octanol–water partition coefficient (Wildman–Crippen LogP) is 4.73. The number of carbonyl (C=O) groups excluding carboxylic acids is 2. The number of thiophene rings is 1. The number of hydrogen-bond donors (Lipinski definition) is 2. The van der Waals surface area contributed by atoms with Crippen LogP contribution >= 0.6 is 22.9 Å². The molecule has 4 aromatic rings. The van der Waals surface area contributed by atoms with E-state index in [4.69, 9.17) is 17.3 Å². The summed E-state index contributed by atoms with van der Waals surface area (Å²) in [6, 6.07) is 0.873. The third-order valence-electron chi connectivity index (χ3n) is 5.23. The van der Waals surface area contributed by atoms with Crippen molar-refractivity contribution in [2.75, 3.05) is 5.32 Å². The van der Waals surface area contributed by atoms with E-state index in [0.29, 0.717) is 35.7 Å². The number of carbonyl (C=O) groups is 2. The van der Waals surface area contributed by atoms with Crippen LogP contribution in [0.5, 0.6) is 0 Å². The fraction of sp³-hybridized carbons (Fsp3) is 0.286. The summed E-state index contributed by atoms with van der Waals surface area (Å²) in [6.07, 6.45) is -1.70. The number of halogens is 4. The first-order valence-corrected chi connectivity index (χ1v) is 11.6. The van der Waals surface area contributed by atoms with Gasteiger partial charge in [0.2, 0.25) is 0 Å². The first kappa shape index (κ1) is 24.7. The lowest BCUT2D eigenvalue weighted by molar-refractivity contribution is -0.140. The number of aryl methyl sites for hydroxylation is 3. The van der Waals surface area contributed by atoms with Crippen LogP contribution in [-0.4, -0.2) is 36.4 Å². The Morgan fingerprint density at radius 2 is 1.80 bits per heavy atom. The Hall–Kier alpha value is -3.45. The van der Waals surface area contributed by atoms with Gasteiger partial charge in [-0.1, -0.05) is 11.6 Å². The number of hydrogen-bond acceptors (Lipinski definition) is 6. The molecule has 0 bridgehead atoms. The second-order valence-electron chi connectivity index (χ2n) is 7.52. The molecule has 0 atom stereocenters. The maximum atomic E-state index is 13.7. The van der Waals surface area contributed by atoms with Crippen molar-refractivity contribution in [2.45, 2.75) is 40.0 Å². The van der Waals surface area contributed by atoms with Gasteiger partial charge in [0.25, 0.3) is 11.8 Å². The van der Waals surface area contributed by atoms with E-state index in [-0.39, 0.29) is 37.1 Å². The Morgan fingerprint density at radius 3 is 2.34 bits per heavy atom. The zero-order valence-corrected chi connectivity index (χ0v) is 20.3. The summed E-state index contributed by atoms with van der Waals surface area (Å²) in [7, 11) is 0. The molecule has 0 radical (unpaired) electrons. The quantitative estimate of drug-likeness (QED) is 0.377. The van der Waals surface area contributed by atoms with Crippen LogP contribution in [-0.2, 0) is 19.3 Å². The summed E-state index contributed by atoms with van der Waals surface area (Å²) in [6.45, 7) is 6.23.